The maximum Gasteiger partial charge on any atom is 0.317 e. The summed E-state index contributed by atoms with van der Waals surface area (Å²) >= 11 is 0. The SMILES string of the molecule is CC(C)(CC(N)=O)NC(=O)N1CCCC(C(=O)O)C1. The van der Waals surface area contributed by atoms with Gasteiger partial charge in [0.2, 0.25) is 5.91 Å². The van der Waals surface area contributed by atoms with E-state index in [0.29, 0.717) is 19.4 Å². The third-order valence-corrected chi connectivity index (χ3v) is 3.12. The first kappa shape index (κ1) is 15.3. The van der Waals surface area contributed by atoms with Crippen molar-refractivity contribution in [2.75, 3.05) is 13.1 Å². The Labute approximate surface area is 112 Å². The zero-order valence-corrected chi connectivity index (χ0v) is 11.3. The molecule has 1 fully saturated rings. The van der Waals surface area contributed by atoms with Gasteiger partial charge in [0.25, 0.3) is 0 Å². The molecule has 1 atom stereocenters. The van der Waals surface area contributed by atoms with Gasteiger partial charge in [-0.25, -0.2) is 4.79 Å². The van der Waals surface area contributed by atoms with Crippen molar-refractivity contribution in [1.29, 1.82) is 0 Å². The smallest absolute Gasteiger partial charge is 0.317 e. The van der Waals surface area contributed by atoms with Crippen LogP contribution in [0.1, 0.15) is 33.1 Å². The number of hydrogen-bond donors (Lipinski definition) is 3. The Kier molecular flexibility index (Phi) is 4.74. The summed E-state index contributed by atoms with van der Waals surface area (Å²) in [6.45, 7) is 4.14. The highest BCUT2D eigenvalue weighted by atomic mass is 16.4. The molecule has 3 amide bonds. The molecule has 1 saturated heterocycles. The monoisotopic (exact) mass is 271 g/mol. The van der Waals surface area contributed by atoms with Crippen molar-refractivity contribution in [3.63, 3.8) is 0 Å². The Bertz CT molecular complexity index is 381. The molecule has 1 aliphatic heterocycles. The number of carboxylic acids is 1. The minimum atomic E-state index is -0.881. The number of aliphatic carboxylic acids is 1. The van der Waals surface area contributed by atoms with Gasteiger partial charge in [0, 0.05) is 25.0 Å². The Morgan fingerprint density at radius 3 is 2.58 bits per heavy atom. The summed E-state index contributed by atoms with van der Waals surface area (Å²) in [6.07, 6.45) is 1.29. The lowest BCUT2D eigenvalue weighted by Crippen LogP contribution is -2.54. The largest absolute Gasteiger partial charge is 0.481 e. The second-order valence-electron chi connectivity index (χ2n) is 5.58. The molecule has 7 nitrogen and oxygen atoms in total. The van der Waals surface area contributed by atoms with E-state index in [1.165, 1.54) is 4.90 Å². The molecule has 0 saturated carbocycles. The molecule has 19 heavy (non-hydrogen) atoms. The van der Waals surface area contributed by atoms with Gasteiger partial charge < -0.3 is 21.1 Å². The van der Waals surface area contributed by atoms with Crippen molar-refractivity contribution in [3.8, 4) is 0 Å². The summed E-state index contributed by atoms with van der Waals surface area (Å²) < 4.78 is 0. The number of primary amides is 1. The fourth-order valence-electron chi connectivity index (χ4n) is 2.21. The number of piperidine rings is 1. The molecular formula is C12H21N3O4. The van der Waals surface area contributed by atoms with E-state index >= 15 is 0 Å². The van der Waals surface area contributed by atoms with Crippen LogP contribution in [0.25, 0.3) is 0 Å². The standard InChI is InChI=1S/C12H21N3O4/c1-12(2,6-9(13)16)14-11(19)15-5-3-4-8(7-15)10(17)18/h8H,3-7H2,1-2H3,(H2,13,16)(H,14,19)(H,17,18). The first-order valence-corrected chi connectivity index (χ1v) is 6.29. The lowest BCUT2D eigenvalue weighted by Gasteiger charge is -2.34. The fourth-order valence-corrected chi connectivity index (χ4v) is 2.21. The first-order valence-electron chi connectivity index (χ1n) is 6.29. The molecule has 0 aromatic heterocycles. The van der Waals surface area contributed by atoms with E-state index in [2.05, 4.69) is 5.32 Å². The number of carbonyl (C=O) groups is 3. The molecule has 108 valence electrons. The van der Waals surface area contributed by atoms with Gasteiger partial charge in [-0.2, -0.15) is 0 Å². The molecule has 0 aromatic carbocycles. The van der Waals surface area contributed by atoms with Gasteiger partial charge in [0.1, 0.15) is 0 Å². The van der Waals surface area contributed by atoms with Crippen LogP contribution in [0, 0.1) is 5.92 Å². The van der Waals surface area contributed by atoms with E-state index in [1.54, 1.807) is 13.8 Å². The van der Waals surface area contributed by atoms with Crippen LogP contribution in [0.2, 0.25) is 0 Å². The van der Waals surface area contributed by atoms with E-state index in [-0.39, 0.29) is 19.0 Å². The van der Waals surface area contributed by atoms with Crippen LogP contribution in [0.15, 0.2) is 0 Å². The molecular weight excluding hydrogens is 250 g/mol. The van der Waals surface area contributed by atoms with Gasteiger partial charge in [0.05, 0.1) is 5.92 Å². The number of rotatable bonds is 4. The molecule has 0 bridgehead atoms. The van der Waals surface area contributed by atoms with E-state index in [0.717, 1.165) is 0 Å². The van der Waals surface area contributed by atoms with Crippen molar-refractivity contribution < 1.29 is 19.5 Å². The number of urea groups is 1. The summed E-state index contributed by atoms with van der Waals surface area (Å²) in [4.78, 5) is 35.3. The van der Waals surface area contributed by atoms with Gasteiger partial charge in [-0.1, -0.05) is 0 Å². The third-order valence-electron chi connectivity index (χ3n) is 3.12. The normalized spacial score (nSPS) is 19.9. The zero-order valence-electron chi connectivity index (χ0n) is 11.3. The summed E-state index contributed by atoms with van der Waals surface area (Å²) in [5.74, 6) is -1.89. The average molecular weight is 271 g/mol. The highest BCUT2D eigenvalue weighted by Crippen LogP contribution is 2.17. The number of nitrogens with zero attached hydrogens (tertiary/aromatic N) is 1. The number of amides is 3. The van der Waals surface area contributed by atoms with Crippen LogP contribution in [0.3, 0.4) is 0 Å². The molecule has 1 rings (SSSR count). The molecule has 7 heteroatoms. The fraction of sp³-hybridized carbons (Fsp3) is 0.750. The van der Waals surface area contributed by atoms with Crippen molar-refractivity contribution in [3.05, 3.63) is 0 Å². The number of hydrogen-bond acceptors (Lipinski definition) is 3. The highest BCUT2D eigenvalue weighted by molar-refractivity contribution is 5.79. The number of nitrogens with one attached hydrogen (secondary N) is 1. The lowest BCUT2D eigenvalue weighted by molar-refractivity contribution is -0.143. The summed E-state index contributed by atoms with van der Waals surface area (Å²) in [6, 6.07) is -0.350. The minimum absolute atomic E-state index is 0.0366. The van der Waals surface area contributed by atoms with E-state index < -0.39 is 23.3 Å². The Hall–Kier alpha value is -1.79. The van der Waals surface area contributed by atoms with E-state index in [9.17, 15) is 14.4 Å². The van der Waals surface area contributed by atoms with Gasteiger partial charge in [-0.15, -0.1) is 0 Å². The quantitative estimate of drug-likeness (QED) is 0.675. The van der Waals surface area contributed by atoms with E-state index in [1.807, 2.05) is 0 Å². The van der Waals surface area contributed by atoms with Crippen LogP contribution in [-0.2, 0) is 9.59 Å². The van der Waals surface area contributed by atoms with E-state index in [4.69, 9.17) is 10.8 Å². The maximum atomic E-state index is 12.0. The molecule has 1 aliphatic rings. The molecule has 1 heterocycles. The molecule has 0 spiro atoms. The molecule has 0 aliphatic carbocycles. The molecule has 4 N–H and O–H groups in total. The van der Waals surface area contributed by atoms with Crippen LogP contribution < -0.4 is 11.1 Å². The van der Waals surface area contributed by atoms with Crippen molar-refractivity contribution in [2.45, 2.75) is 38.6 Å². The van der Waals surface area contributed by atoms with Gasteiger partial charge in [-0.05, 0) is 26.7 Å². The van der Waals surface area contributed by atoms with Gasteiger partial charge in [-0.3, -0.25) is 9.59 Å². The second-order valence-corrected chi connectivity index (χ2v) is 5.58. The van der Waals surface area contributed by atoms with Crippen LogP contribution in [0.5, 0.6) is 0 Å². The van der Waals surface area contributed by atoms with Gasteiger partial charge >= 0.3 is 12.0 Å². The third kappa shape index (κ3) is 4.76. The predicted molar refractivity (Wildman–Crippen MR) is 68.4 cm³/mol. The maximum absolute atomic E-state index is 12.0. The van der Waals surface area contributed by atoms with Crippen molar-refractivity contribution in [1.82, 2.24) is 10.2 Å². The number of carboxylic acid groups (broad SMARTS) is 1. The Morgan fingerprint density at radius 1 is 1.42 bits per heavy atom. The zero-order chi connectivity index (χ0) is 14.6. The summed E-state index contributed by atoms with van der Waals surface area (Å²) in [5, 5.41) is 11.7. The lowest BCUT2D eigenvalue weighted by atomic mass is 9.98. The predicted octanol–water partition coefficient (Wildman–Crippen LogP) is 0.147. The number of carbonyl (C=O) groups excluding carboxylic acids is 2. The highest BCUT2D eigenvalue weighted by Gasteiger charge is 2.31. The molecule has 0 radical (unpaired) electrons. The topological polar surface area (TPSA) is 113 Å². The second kappa shape index (κ2) is 5.90. The van der Waals surface area contributed by atoms with Crippen molar-refractivity contribution in [2.24, 2.45) is 11.7 Å². The average Bonchev–Trinajstić information content (AvgIpc) is 2.26. The van der Waals surface area contributed by atoms with Crippen molar-refractivity contribution >= 4 is 17.9 Å². The van der Waals surface area contributed by atoms with Gasteiger partial charge in [0.15, 0.2) is 0 Å². The number of nitrogens with two attached hydrogens (primary N) is 1. The number of likely N-dealkylation sites (tertiary alicyclic amines) is 1. The first-order chi connectivity index (χ1) is 8.71. The van der Waals surface area contributed by atoms with Crippen LogP contribution >= 0.6 is 0 Å². The summed E-state index contributed by atoms with van der Waals surface area (Å²) in [7, 11) is 0. The Balaban J connectivity index is 2.57. The molecule has 1 unspecified atom stereocenters. The summed E-state index contributed by atoms with van der Waals surface area (Å²) in [5.41, 5.74) is 4.38. The van der Waals surface area contributed by atoms with Crippen LogP contribution in [0.4, 0.5) is 4.79 Å². The molecule has 0 aromatic rings. The minimum Gasteiger partial charge on any atom is -0.481 e. The van der Waals surface area contributed by atoms with Crippen LogP contribution in [-0.4, -0.2) is 46.5 Å². The Morgan fingerprint density at radius 2 is 2.05 bits per heavy atom.